The van der Waals surface area contributed by atoms with Crippen LogP contribution in [0.3, 0.4) is 0 Å². The maximum Gasteiger partial charge on any atom is 0.138 e. The van der Waals surface area contributed by atoms with Gasteiger partial charge in [-0.05, 0) is 30.9 Å². The van der Waals surface area contributed by atoms with Crippen LogP contribution in [0.2, 0.25) is 10.3 Å². The van der Waals surface area contributed by atoms with Crippen molar-refractivity contribution in [1.29, 1.82) is 0 Å². The van der Waals surface area contributed by atoms with Crippen LogP contribution in [-0.4, -0.2) is 4.98 Å². The van der Waals surface area contributed by atoms with E-state index in [9.17, 15) is 0 Å². The van der Waals surface area contributed by atoms with E-state index in [0.29, 0.717) is 10.3 Å². The molecule has 0 saturated heterocycles. The maximum atomic E-state index is 6.01. The summed E-state index contributed by atoms with van der Waals surface area (Å²) >= 11 is 11.9. The third-order valence-electron chi connectivity index (χ3n) is 2.31. The lowest BCUT2D eigenvalue weighted by Gasteiger charge is -2.06. The van der Waals surface area contributed by atoms with Gasteiger partial charge < -0.3 is 0 Å². The molecule has 1 heterocycles. The van der Waals surface area contributed by atoms with Gasteiger partial charge in [0, 0.05) is 5.39 Å². The highest BCUT2D eigenvalue weighted by Crippen LogP contribution is 2.29. The van der Waals surface area contributed by atoms with Crippen LogP contribution in [0.25, 0.3) is 10.8 Å². The Bertz CT molecular complexity index is 506. The summed E-state index contributed by atoms with van der Waals surface area (Å²) < 4.78 is 0. The monoisotopic (exact) mass is 225 g/mol. The molecule has 1 aromatic heterocycles. The first-order chi connectivity index (χ1) is 6.59. The molecule has 0 unspecified atom stereocenters. The molecule has 0 N–H and O–H groups in total. The summed E-state index contributed by atoms with van der Waals surface area (Å²) in [4.78, 5) is 4.07. The van der Waals surface area contributed by atoms with Gasteiger partial charge in [0.15, 0.2) is 0 Å². The summed E-state index contributed by atoms with van der Waals surface area (Å²) in [6, 6.07) is 6.09. The smallest absolute Gasteiger partial charge is 0.138 e. The number of nitrogens with zero attached hydrogens (tertiary/aromatic N) is 1. The molecule has 0 aliphatic rings. The Hall–Kier alpha value is -0.790. The molecule has 2 rings (SSSR count). The number of pyridine rings is 1. The minimum atomic E-state index is 0.472. The molecule has 14 heavy (non-hydrogen) atoms. The molecule has 0 amide bonds. The van der Waals surface area contributed by atoms with E-state index >= 15 is 0 Å². The van der Waals surface area contributed by atoms with Crippen molar-refractivity contribution in [3.05, 3.63) is 39.6 Å². The molecular formula is C11H9Cl2N. The highest BCUT2D eigenvalue weighted by atomic mass is 35.5. The Morgan fingerprint density at radius 2 is 1.71 bits per heavy atom. The second-order valence-electron chi connectivity index (χ2n) is 3.37. The summed E-state index contributed by atoms with van der Waals surface area (Å²) in [6.07, 6.45) is 0. The van der Waals surface area contributed by atoms with E-state index in [1.165, 1.54) is 5.56 Å². The topological polar surface area (TPSA) is 12.9 Å². The zero-order valence-electron chi connectivity index (χ0n) is 7.94. The molecule has 0 atom stereocenters. The van der Waals surface area contributed by atoms with Crippen molar-refractivity contribution in [3.8, 4) is 0 Å². The highest BCUT2D eigenvalue weighted by molar-refractivity contribution is 6.37. The fourth-order valence-corrected chi connectivity index (χ4v) is 1.97. The van der Waals surface area contributed by atoms with Gasteiger partial charge in [0.1, 0.15) is 10.3 Å². The molecular weight excluding hydrogens is 217 g/mol. The van der Waals surface area contributed by atoms with Crippen LogP contribution in [0.4, 0.5) is 0 Å². The first-order valence-corrected chi connectivity index (χ1v) is 5.07. The van der Waals surface area contributed by atoms with E-state index in [4.69, 9.17) is 23.2 Å². The third-order valence-corrected chi connectivity index (χ3v) is 2.96. The molecule has 0 aliphatic heterocycles. The van der Waals surface area contributed by atoms with Crippen LogP contribution in [0.15, 0.2) is 18.2 Å². The first-order valence-electron chi connectivity index (χ1n) is 4.31. The van der Waals surface area contributed by atoms with Crippen LogP contribution in [0.5, 0.6) is 0 Å². The minimum Gasteiger partial charge on any atom is -0.223 e. The average Bonchev–Trinajstić information content (AvgIpc) is 2.14. The number of benzene rings is 1. The Morgan fingerprint density at radius 1 is 1.00 bits per heavy atom. The molecule has 0 fully saturated rings. The van der Waals surface area contributed by atoms with Crippen molar-refractivity contribution in [2.24, 2.45) is 0 Å². The maximum absolute atomic E-state index is 6.01. The predicted octanol–water partition coefficient (Wildman–Crippen LogP) is 4.16. The number of rotatable bonds is 0. The zero-order chi connectivity index (χ0) is 10.3. The molecule has 0 bridgehead atoms. The van der Waals surface area contributed by atoms with Crippen molar-refractivity contribution < 1.29 is 0 Å². The standard InChI is InChI=1S/C11H9Cl2N/c1-6-3-4-8-7(2)10(12)14-11(13)9(8)5-6/h3-5H,1-2H3. The number of aryl methyl sites for hydroxylation is 2. The number of hydrogen-bond donors (Lipinski definition) is 0. The molecule has 0 spiro atoms. The quantitative estimate of drug-likeness (QED) is 0.614. The van der Waals surface area contributed by atoms with E-state index in [1.54, 1.807) is 0 Å². The van der Waals surface area contributed by atoms with E-state index in [-0.39, 0.29) is 0 Å². The van der Waals surface area contributed by atoms with Gasteiger partial charge in [-0.15, -0.1) is 0 Å². The number of aromatic nitrogens is 1. The molecule has 1 nitrogen and oxygen atoms in total. The molecule has 2 aromatic rings. The fourth-order valence-electron chi connectivity index (χ4n) is 1.50. The summed E-state index contributed by atoms with van der Waals surface area (Å²) in [5.41, 5.74) is 2.15. The van der Waals surface area contributed by atoms with Crippen LogP contribution >= 0.6 is 23.2 Å². The predicted molar refractivity (Wildman–Crippen MR) is 61.2 cm³/mol. The van der Waals surface area contributed by atoms with Gasteiger partial charge >= 0.3 is 0 Å². The van der Waals surface area contributed by atoms with E-state index in [2.05, 4.69) is 4.98 Å². The minimum absolute atomic E-state index is 0.472. The number of halogens is 2. The van der Waals surface area contributed by atoms with Gasteiger partial charge in [-0.3, -0.25) is 0 Å². The normalized spacial score (nSPS) is 10.9. The molecule has 0 aliphatic carbocycles. The molecule has 1 aromatic carbocycles. The van der Waals surface area contributed by atoms with Gasteiger partial charge in [0.05, 0.1) is 0 Å². The second kappa shape index (κ2) is 3.41. The Labute approximate surface area is 92.7 Å². The van der Waals surface area contributed by atoms with E-state index in [0.717, 1.165) is 16.3 Å². The lowest BCUT2D eigenvalue weighted by atomic mass is 10.1. The average molecular weight is 226 g/mol. The fraction of sp³-hybridized carbons (Fsp3) is 0.182. The van der Waals surface area contributed by atoms with Crippen molar-refractivity contribution in [1.82, 2.24) is 4.98 Å². The molecule has 0 radical (unpaired) electrons. The van der Waals surface area contributed by atoms with E-state index in [1.807, 2.05) is 32.0 Å². The number of hydrogen-bond acceptors (Lipinski definition) is 1. The third kappa shape index (κ3) is 1.47. The Balaban J connectivity index is 2.94. The largest absolute Gasteiger partial charge is 0.223 e. The van der Waals surface area contributed by atoms with Crippen molar-refractivity contribution in [2.45, 2.75) is 13.8 Å². The van der Waals surface area contributed by atoms with E-state index < -0.39 is 0 Å². The lowest BCUT2D eigenvalue weighted by molar-refractivity contribution is 1.30. The van der Waals surface area contributed by atoms with Crippen molar-refractivity contribution >= 4 is 34.0 Å². The summed E-state index contributed by atoms with van der Waals surface area (Å²) in [5, 5.41) is 2.99. The van der Waals surface area contributed by atoms with Crippen LogP contribution in [0.1, 0.15) is 11.1 Å². The SMILES string of the molecule is Cc1ccc2c(C)c(Cl)nc(Cl)c2c1. The van der Waals surface area contributed by atoms with Crippen LogP contribution < -0.4 is 0 Å². The van der Waals surface area contributed by atoms with Gasteiger partial charge in [-0.25, -0.2) is 4.98 Å². The lowest BCUT2D eigenvalue weighted by Crippen LogP contribution is -1.87. The van der Waals surface area contributed by atoms with Gasteiger partial charge in [-0.2, -0.15) is 0 Å². The summed E-state index contributed by atoms with van der Waals surface area (Å²) in [6.45, 7) is 3.98. The van der Waals surface area contributed by atoms with Gasteiger partial charge in [0.2, 0.25) is 0 Å². The Kier molecular flexibility index (Phi) is 2.38. The van der Waals surface area contributed by atoms with Crippen LogP contribution in [-0.2, 0) is 0 Å². The molecule has 0 saturated carbocycles. The Morgan fingerprint density at radius 3 is 2.43 bits per heavy atom. The van der Waals surface area contributed by atoms with Crippen molar-refractivity contribution in [2.75, 3.05) is 0 Å². The zero-order valence-corrected chi connectivity index (χ0v) is 9.45. The summed E-state index contributed by atoms with van der Waals surface area (Å²) in [7, 11) is 0. The number of fused-ring (bicyclic) bond motifs is 1. The van der Waals surface area contributed by atoms with Gasteiger partial charge in [0.25, 0.3) is 0 Å². The van der Waals surface area contributed by atoms with Gasteiger partial charge in [-0.1, -0.05) is 40.9 Å². The van der Waals surface area contributed by atoms with Crippen LogP contribution in [0, 0.1) is 13.8 Å². The van der Waals surface area contributed by atoms with Crippen molar-refractivity contribution in [3.63, 3.8) is 0 Å². The molecule has 3 heteroatoms. The molecule has 72 valence electrons. The second-order valence-corrected chi connectivity index (χ2v) is 4.08. The highest BCUT2D eigenvalue weighted by Gasteiger charge is 2.07. The first kappa shape index (κ1) is 9.75. The summed E-state index contributed by atoms with van der Waals surface area (Å²) in [5.74, 6) is 0.